The number of benzene rings is 1. The number of halogens is 1. The second-order valence-corrected chi connectivity index (χ2v) is 6.16. The van der Waals surface area contributed by atoms with Gasteiger partial charge in [-0.2, -0.15) is 0 Å². The van der Waals surface area contributed by atoms with Gasteiger partial charge in [0.25, 0.3) is 0 Å². The highest BCUT2D eigenvalue weighted by Gasteiger charge is 2.28. The quantitative estimate of drug-likeness (QED) is 0.853. The molecule has 0 unspecified atom stereocenters. The van der Waals surface area contributed by atoms with Crippen molar-refractivity contribution in [1.82, 2.24) is 10.2 Å². The monoisotopic (exact) mass is 354 g/mol. The van der Waals surface area contributed by atoms with Crippen LogP contribution in [-0.4, -0.2) is 34.6 Å². The molecule has 1 aromatic carbocycles. The highest BCUT2D eigenvalue weighted by molar-refractivity contribution is 9.10. The Kier molecular flexibility index (Phi) is 5.61. The molecule has 0 aliphatic heterocycles. The average molecular weight is 355 g/mol. The standard InChI is InChI=1S/C15H19BrN2O3/c16-12-5-3-4-11(8-12)9-17-15(21)18(10-14(19)20)13-6-1-2-7-13/h3-5,8,13H,1-2,6-7,9-10H2,(H,17,21)(H,19,20). The minimum Gasteiger partial charge on any atom is -0.480 e. The van der Waals surface area contributed by atoms with Crippen molar-refractivity contribution in [2.45, 2.75) is 38.3 Å². The fourth-order valence-electron chi connectivity index (χ4n) is 2.65. The normalized spacial score (nSPS) is 14.9. The maximum Gasteiger partial charge on any atom is 0.323 e. The van der Waals surface area contributed by atoms with Crippen LogP contribution in [0.2, 0.25) is 0 Å². The summed E-state index contributed by atoms with van der Waals surface area (Å²) in [4.78, 5) is 24.7. The van der Waals surface area contributed by atoms with Gasteiger partial charge in [0.2, 0.25) is 0 Å². The Balaban J connectivity index is 1.95. The molecule has 1 aromatic rings. The minimum atomic E-state index is -0.973. The van der Waals surface area contributed by atoms with Gasteiger partial charge in [-0.15, -0.1) is 0 Å². The molecule has 2 N–H and O–H groups in total. The van der Waals surface area contributed by atoms with Crippen LogP contribution in [0, 0.1) is 0 Å². The molecule has 21 heavy (non-hydrogen) atoms. The van der Waals surface area contributed by atoms with Crippen LogP contribution in [0.1, 0.15) is 31.2 Å². The summed E-state index contributed by atoms with van der Waals surface area (Å²) >= 11 is 3.38. The molecule has 0 bridgehead atoms. The lowest BCUT2D eigenvalue weighted by molar-refractivity contribution is -0.138. The summed E-state index contributed by atoms with van der Waals surface area (Å²) in [7, 11) is 0. The van der Waals surface area contributed by atoms with Gasteiger partial charge in [0, 0.05) is 17.1 Å². The fourth-order valence-corrected chi connectivity index (χ4v) is 3.10. The Bertz CT molecular complexity index is 515. The molecule has 0 aromatic heterocycles. The van der Waals surface area contributed by atoms with Crippen molar-refractivity contribution in [2.75, 3.05) is 6.54 Å². The number of rotatable bonds is 5. The number of amides is 2. The molecule has 0 radical (unpaired) electrons. The predicted molar refractivity (Wildman–Crippen MR) is 83.0 cm³/mol. The first-order valence-corrected chi connectivity index (χ1v) is 7.86. The Morgan fingerprint density at radius 1 is 1.33 bits per heavy atom. The summed E-state index contributed by atoms with van der Waals surface area (Å²) < 4.78 is 0.951. The first kappa shape index (κ1) is 15.8. The maximum absolute atomic E-state index is 12.3. The summed E-state index contributed by atoms with van der Waals surface area (Å²) in [6, 6.07) is 7.41. The van der Waals surface area contributed by atoms with Gasteiger partial charge in [0.1, 0.15) is 6.54 Å². The SMILES string of the molecule is O=C(O)CN(C(=O)NCc1cccc(Br)c1)C1CCCC1. The molecular formula is C15H19BrN2O3. The van der Waals surface area contributed by atoms with Crippen molar-refractivity contribution in [1.29, 1.82) is 0 Å². The van der Waals surface area contributed by atoms with Crippen LogP contribution in [0.15, 0.2) is 28.7 Å². The van der Waals surface area contributed by atoms with E-state index in [1.165, 1.54) is 4.90 Å². The van der Waals surface area contributed by atoms with Crippen LogP contribution in [0.4, 0.5) is 4.79 Å². The molecule has 1 saturated carbocycles. The smallest absolute Gasteiger partial charge is 0.323 e. The van der Waals surface area contributed by atoms with Crippen LogP contribution in [-0.2, 0) is 11.3 Å². The summed E-state index contributed by atoms with van der Waals surface area (Å²) in [5, 5.41) is 11.8. The number of nitrogens with one attached hydrogen (secondary N) is 1. The van der Waals surface area contributed by atoms with Gasteiger partial charge in [0.15, 0.2) is 0 Å². The number of carbonyl (C=O) groups excluding carboxylic acids is 1. The zero-order chi connectivity index (χ0) is 15.2. The lowest BCUT2D eigenvalue weighted by Gasteiger charge is -2.27. The molecule has 2 rings (SSSR count). The summed E-state index contributed by atoms with van der Waals surface area (Å²) in [5.41, 5.74) is 0.972. The molecule has 2 amide bonds. The molecule has 0 spiro atoms. The van der Waals surface area contributed by atoms with E-state index in [-0.39, 0.29) is 18.6 Å². The van der Waals surface area contributed by atoms with Crippen molar-refractivity contribution in [2.24, 2.45) is 0 Å². The van der Waals surface area contributed by atoms with Gasteiger partial charge in [-0.25, -0.2) is 4.79 Å². The van der Waals surface area contributed by atoms with Gasteiger partial charge < -0.3 is 15.3 Å². The topological polar surface area (TPSA) is 69.6 Å². The third-order valence-corrected chi connectivity index (χ3v) is 4.16. The van der Waals surface area contributed by atoms with Gasteiger partial charge in [-0.1, -0.05) is 40.9 Å². The number of carboxylic acid groups (broad SMARTS) is 1. The molecule has 0 saturated heterocycles. The Morgan fingerprint density at radius 2 is 2.05 bits per heavy atom. The minimum absolute atomic E-state index is 0.0450. The summed E-state index contributed by atoms with van der Waals surface area (Å²) in [6.45, 7) is 0.149. The Hall–Kier alpha value is -1.56. The third kappa shape index (κ3) is 4.74. The molecule has 0 heterocycles. The summed E-state index contributed by atoms with van der Waals surface area (Å²) in [5.74, 6) is -0.973. The molecule has 6 heteroatoms. The van der Waals surface area contributed by atoms with Crippen molar-refractivity contribution < 1.29 is 14.7 Å². The van der Waals surface area contributed by atoms with Crippen molar-refractivity contribution >= 4 is 27.9 Å². The largest absolute Gasteiger partial charge is 0.480 e. The van der Waals surface area contributed by atoms with Gasteiger partial charge in [0.05, 0.1) is 0 Å². The van der Waals surface area contributed by atoms with Gasteiger partial charge >= 0.3 is 12.0 Å². The van der Waals surface area contributed by atoms with Gasteiger partial charge in [-0.3, -0.25) is 4.79 Å². The lowest BCUT2D eigenvalue weighted by Crippen LogP contribution is -2.47. The number of hydrogen-bond acceptors (Lipinski definition) is 2. The van der Waals surface area contributed by atoms with E-state index < -0.39 is 5.97 Å². The molecule has 114 valence electrons. The van der Waals surface area contributed by atoms with Gasteiger partial charge in [-0.05, 0) is 30.5 Å². The first-order chi connectivity index (χ1) is 10.1. The van der Waals surface area contributed by atoms with E-state index in [0.717, 1.165) is 35.7 Å². The van der Waals surface area contributed by atoms with Crippen LogP contribution >= 0.6 is 15.9 Å². The molecule has 5 nitrogen and oxygen atoms in total. The van der Waals surface area contributed by atoms with E-state index in [0.29, 0.717) is 6.54 Å². The highest BCUT2D eigenvalue weighted by Crippen LogP contribution is 2.23. The number of nitrogens with zero attached hydrogens (tertiary/aromatic N) is 1. The van der Waals surface area contributed by atoms with Crippen molar-refractivity contribution in [3.63, 3.8) is 0 Å². The molecule has 1 aliphatic carbocycles. The number of aliphatic carboxylic acids is 1. The number of carbonyl (C=O) groups is 2. The number of urea groups is 1. The maximum atomic E-state index is 12.3. The van der Waals surface area contributed by atoms with E-state index in [2.05, 4.69) is 21.2 Å². The van der Waals surface area contributed by atoms with Crippen LogP contribution in [0.5, 0.6) is 0 Å². The lowest BCUT2D eigenvalue weighted by atomic mass is 10.2. The first-order valence-electron chi connectivity index (χ1n) is 7.07. The van der Waals surface area contributed by atoms with E-state index >= 15 is 0 Å². The number of carboxylic acids is 1. The molecule has 0 atom stereocenters. The number of hydrogen-bond donors (Lipinski definition) is 2. The van der Waals surface area contributed by atoms with Crippen LogP contribution < -0.4 is 5.32 Å². The zero-order valence-electron chi connectivity index (χ0n) is 11.7. The summed E-state index contributed by atoms with van der Waals surface area (Å²) in [6.07, 6.45) is 3.88. The molecule has 1 aliphatic rings. The van der Waals surface area contributed by atoms with E-state index in [9.17, 15) is 9.59 Å². The van der Waals surface area contributed by atoms with E-state index in [1.807, 2.05) is 24.3 Å². The highest BCUT2D eigenvalue weighted by atomic mass is 79.9. The van der Waals surface area contributed by atoms with E-state index in [1.54, 1.807) is 0 Å². The van der Waals surface area contributed by atoms with Crippen molar-refractivity contribution in [3.8, 4) is 0 Å². The third-order valence-electron chi connectivity index (χ3n) is 3.66. The van der Waals surface area contributed by atoms with Crippen molar-refractivity contribution in [3.05, 3.63) is 34.3 Å². The average Bonchev–Trinajstić information content (AvgIpc) is 2.96. The Labute approximate surface area is 132 Å². The second kappa shape index (κ2) is 7.45. The zero-order valence-corrected chi connectivity index (χ0v) is 13.3. The Morgan fingerprint density at radius 3 is 2.67 bits per heavy atom. The predicted octanol–water partition coefficient (Wildman–Crippen LogP) is 2.99. The molecule has 1 fully saturated rings. The van der Waals surface area contributed by atoms with E-state index in [4.69, 9.17) is 5.11 Å². The fraction of sp³-hybridized carbons (Fsp3) is 0.467. The van der Waals surface area contributed by atoms with Crippen LogP contribution in [0.25, 0.3) is 0 Å². The molecular weight excluding hydrogens is 336 g/mol. The second-order valence-electron chi connectivity index (χ2n) is 5.25. The van der Waals surface area contributed by atoms with Crippen LogP contribution in [0.3, 0.4) is 0 Å².